The van der Waals surface area contributed by atoms with Crippen molar-refractivity contribution in [3.05, 3.63) is 107 Å². The number of hydrogen-bond acceptors (Lipinski definition) is 4. The molecule has 6 nitrogen and oxygen atoms in total. The number of aryl methyl sites for hydroxylation is 2. The van der Waals surface area contributed by atoms with E-state index in [-0.39, 0.29) is 24.2 Å². The molecule has 0 fully saturated rings. The number of aromatic nitrogens is 2. The van der Waals surface area contributed by atoms with E-state index >= 15 is 0 Å². The van der Waals surface area contributed by atoms with E-state index in [1.807, 2.05) is 49.4 Å². The number of esters is 1. The Labute approximate surface area is 210 Å². The quantitative estimate of drug-likeness (QED) is 0.353. The molecule has 0 aliphatic heterocycles. The average molecular weight is 480 g/mol. The van der Waals surface area contributed by atoms with Crippen LogP contribution in [0.5, 0.6) is 0 Å². The van der Waals surface area contributed by atoms with E-state index in [0.717, 1.165) is 41.8 Å². The average Bonchev–Trinajstić information content (AvgIpc) is 3.35. The van der Waals surface area contributed by atoms with Gasteiger partial charge in [-0.1, -0.05) is 48.5 Å². The third-order valence-corrected chi connectivity index (χ3v) is 6.66. The summed E-state index contributed by atoms with van der Waals surface area (Å²) >= 11 is 0. The first-order chi connectivity index (χ1) is 17.5. The second-order valence-corrected chi connectivity index (χ2v) is 9.03. The van der Waals surface area contributed by atoms with Gasteiger partial charge in [0, 0.05) is 11.1 Å². The highest BCUT2D eigenvalue weighted by Gasteiger charge is 2.22. The van der Waals surface area contributed by atoms with Crippen LogP contribution in [0.15, 0.2) is 78.9 Å². The molecule has 0 spiro atoms. The molecule has 182 valence electrons. The Hall–Kier alpha value is -4.19. The van der Waals surface area contributed by atoms with Gasteiger partial charge in [-0.25, -0.2) is 9.48 Å². The van der Waals surface area contributed by atoms with Gasteiger partial charge in [0.15, 0.2) is 5.69 Å². The van der Waals surface area contributed by atoms with Crippen molar-refractivity contribution in [2.75, 3.05) is 6.61 Å². The molecule has 0 saturated carbocycles. The lowest BCUT2D eigenvalue weighted by molar-refractivity contribution is 0.0518. The molecule has 6 heteroatoms. The van der Waals surface area contributed by atoms with Crippen molar-refractivity contribution >= 4 is 11.9 Å². The fourth-order valence-electron chi connectivity index (χ4n) is 4.83. The summed E-state index contributed by atoms with van der Waals surface area (Å²) in [5.41, 5.74) is 6.92. The molecule has 1 aromatic heterocycles. The van der Waals surface area contributed by atoms with Crippen LogP contribution in [0.4, 0.5) is 0 Å². The van der Waals surface area contributed by atoms with Crippen LogP contribution in [0.25, 0.3) is 16.9 Å². The topological polar surface area (TPSA) is 73.2 Å². The number of benzene rings is 3. The highest BCUT2D eigenvalue weighted by atomic mass is 16.5. The van der Waals surface area contributed by atoms with Gasteiger partial charge in [0.05, 0.1) is 24.0 Å². The first-order valence-corrected chi connectivity index (χ1v) is 12.4. The molecule has 36 heavy (non-hydrogen) atoms. The SMILES string of the molecule is CCOC(=O)c1cc(-c2ccccc2C)n(-c2ccc(C(=O)NC3CCCc4ccccc43)cc2)n1. The number of nitrogens with zero attached hydrogens (tertiary/aromatic N) is 2. The molecule has 0 saturated heterocycles. The predicted octanol–water partition coefficient (Wildman–Crippen LogP) is 5.83. The maximum atomic E-state index is 13.1. The van der Waals surface area contributed by atoms with Crippen molar-refractivity contribution in [1.82, 2.24) is 15.1 Å². The van der Waals surface area contributed by atoms with Crippen molar-refractivity contribution < 1.29 is 14.3 Å². The number of rotatable bonds is 6. The Bertz CT molecular complexity index is 1410. The third-order valence-electron chi connectivity index (χ3n) is 6.66. The van der Waals surface area contributed by atoms with Crippen LogP contribution in [0, 0.1) is 6.92 Å². The summed E-state index contributed by atoms with van der Waals surface area (Å²) in [5, 5.41) is 7.76. The second-order valence-electron chi connectivity index (χ2n) is 9.03. The number of carbonyl (C=O) groups excluding carboxylic acids is 2. The van der Waals surface area contributed by atoms with Crippen molar-refractivity contribution in [2.24, 2.45) is 0 Å². The lowest BCUT2D eigenvalue weighted by Gasteiger charge is -2.26. The first-order valence-electron chi connectivity index (χ1n) is 12.4. The molecular weight excluding hydrogens is 450 g/mol. The number of ether oxygens (including phenoxy) is 1. The minimum Gasteiger partial charge on any atom is -0.461 e. The van der Waals surface area contributed by atoms with Gasteiger partial charge in [-0.05, 0) is 80.1 Å². The lowest BCUT2D eigenvalue weighted by Crippen LogP contribution is -2.30. The first kappa shape index (κ1) is 23.5. The van der Waals surface area contributed by atoms with Gasteiger partial charge >= 0.3 is 5.97 Å². The van der Waals surface area contributed by atoms with E-state index in [4.69, 9.17) is 4.74 Å². The Kier molecular flexibility index (Phi) is 6.67. The van der Waals surface area contributed by atoms with Crippen LogP contribution in [0.1, 0.15) is 63.3 Å². The van der Waals surface area contributed by atoms with Gasteiger partial charge < -0.3 is 10.1 Å². The number of nitrogens with one attached hydrogen (secondary N) is 1. The Morgan fingerprint density at radius 2 is 1.78 bits per heavy atom. The molecule has 1 unspecified atom stereocenters. The molecule has 1 heterocycles. The second kappa shape index (κ2) is 10.2. The third kappa shape index (κ3) is 4.67. The van der Waals surface area contributed by atoms with Crippen LogP contribution in [-0.2, 0) is 11.2 Å². The summed E-state index contributed by atoms with van der Waals surface area (Å²) in [6, 6.07) is 25.4. The normalized spacial score (nSPS) is 14.7. The fraction of sp³-hybridized carbons (Fsp3) is 0.233. The van der Waals surface area contributed by atoms with Gasteiger partial charge in [-0.2, -0.15) is 5.10 Å². The highest BCUT2D eigenvalue weighted by molar-refractivity contribution is 5.94. The molecule has 3 aromatic carbocycles. The molecule has 0 radical (unpaired) electrons. The van der Waals surface area contributed by atoms with E-state index in [0.29, 0.717) is 5.56 Å². The molecule has 1 aliphatic carbocycles. The van der Waals surface area contributed by atoms with E-state index in [1.165, 1.54) is 11.1 Å². The van der Waals surface area contributed by atoms with Crippen LogP contribution in [0.2, 0.25) is 0 Å². The summed E-state index contributed by atoms with van der Waals surface area (Å²) in [4.78, 5) is 25.5. The van der Waals surface area contributed by atoms with Gasteiger partial charge in [-0.15, -0.1) is 0 Å². The fourth-order valence-corrected chi connectivity index (χ4v) is 4.83. The van der Waals surface area contributed by atoms with Crippen molar-refractivity contribution in [3.63, 3.8) is 0 Å². The number of carbonyl (C=O) groups is 2. The van der Waals surface area contributed by atoms with Crippen molar-refractivity contribution in [1.29, 1.82) is 0 Å². The summed E-state index contributed by atoms with van der Waals surface area (Å²) in [7, 11) is 0. The number of amides is 1. The standard InChI is InChI=1S/C30H29N3O3/c1-3-36-30(35)27-19-28(24-12-6-4-9-20(24)2)33(32-27)23-17-15-22(16-18-23)29(34)31-26-14-8-11-21-10-5-7-13-25(21)26/h4-7,9-10,12-13,15-19,26H,3,8,11,14H2,1-2H3,(H,31,34). The number of hydrogen-bond donors (Lipinski definition) is 1. The monoisotopic (exact) mass is 479 g/mol. The zero-order valence-corrected chi connectivity index (χ0v) is 20.5. The maximum Gasteiger partial charge on any atom is 0.358 e. The van der Waals surface area contributed by atoms with Gasteiger partial charge in [0.2, 0.25) is 0 Å². The van der Waals surface area contributed by atoms with Crippen LogP contribution < -0.4 is 5.32 Å². The Morgan fingerprint density at radius 3 is 2.56 bits per heavy atom. The molecule has 1 N–H and O–H groups in total. The maximum absolute atomic E-state index is 13.1. The van der Waals surface area contributed by atoms with Crippen LogP contribution in [-0.4, -0.2) is 28.3 Å². The van der Waals surface area contributed by atoms with E-state index < -0.39 is 5.97 Å². The lowest BCUT2D eigenvalue weighted by atomic mass is 9.87. The molecule has 5 rings (SSSR count). The van der Waals surface area contributed by atoms with Gasteiger partial charge in [0.1, 0.15) is 0 Å². The largest absolute Gasteiger partial charge is 0.461 e. The van der Waals surface area contributed by atoms with Gasteiger partial charge in [0.25, 0.3) is 5.91 Å². The summed E-state index contributed by atoms with van der Waals surface area (Å²) in [6.07, 6.45) is 3.05. The van der Waals surface area contributed by atoms with Crippen molar-refractivity contribution in [3.8, 4) is 16.9 Å². The molecule has 1 atom stereocenters. The summed E-state index contributed by atoms with van der Waals surface area (Å²) in [6.45, 7) is 4.07. The smallest absolute Gasteiger partial charge is 0.358 e. The number of fused-ring (bicyclic) bond motifs is 1. The van der Waals surface area contributed by atoms with E-state index in [9.17, 15) is 9.59 Å². The Balaban J connectivity index is 1.43. The van der Waals surface area contributed by atoms with Crippen molar-refractivity contribution in [2.45, 2.75) is 39.2 Å². The highest BCUT2D eigenvalue weighted by Crippen LogP contribution is 2.30. The minimum atomic E-state index is -0.463. The van der Waals surface area contributed by atoms with Gasteiger partial charge in [-0.3, -0.25) is 4.79 Å². The zero-order valence-electron chi connectivity index (χ0n) is 20.5. The van der Waals surface area contributed by atoms with E-state index in [2.05, 4.69) is 28.6 Å². The summed E-state index contributed by atoms with van der Waals surface area (Å²) in [5.74, 6) is -0.565. The van der Waals surface area contributed by atoms with Crippen LogP contribution >= 0.6 is 0 Å². The molecule has 1 amide bonds. The molecule has 0 bridgehead atoms. The molecular formula is C30H29N3O3. The van der Waals surface area contributed by atoms with E-state index in [1.54, 1.807) is 29.8 Å². The minimum absolute atomic E-state index is 0.0213. The van der Waals surface area contributed by atoms with Crippen LogP contribution in [0.3, 0.4) is 0 Å². The molecule has 4 aromatic rings. The molecule has 1 aliphatic rings. The Morgan fingerprint density at radius 1 is 1.03 bits per heavy atom. The predicted molar refractivity (Wildman–Crippen MR) is 139 cm³/mol. The summed E-state index contributed by atoms with van der Waals surface area (Å²) < 4.78 is 6.91. The zero-order chi connectivity index (χ0) is 25.1.